The second-order valence-electron chi connectivity index (χ2n) is 6.46. The summed E-state index contributed by atoms with van der Waals surface area (Å²) >= 11 is 0. The third-order valence-corrected chi connectivity index (χ3v) is 2.55. The molecule has 1 unspecified atom stereocenters. The summed E-state index contributed by atoms with van der Waals surface area (Å²) in [6.07, 6.45) is 0.419. The number of ketones is 1. The van der Waals surface area contributed by atoms with Crippen molar-refractivity contribution < 1.29 is 23.9 Å². The topological polar surface area (TPSA) is 69.7 Å². The van der Waals surface area contributed by atoms with Crippen LogP contribution in [0.4, 0.5) is 0 Å². The van der Waals surface area contributed by atoms with Crippen molar-refractivity contribution in [3.05, 3.63) is 12.2 Å². The highest BCUT2D eigenvalue weighted by atomic mass is 16.6. The molecule has 0 aliphatic heterocycles. The van der Waals surface area contributed by atoms with Crippen LogP contribution >= 0.6 is 0 Å². The van der Waals surface area contributed by atoms with Gasteiger partial charge in [0, 0.05) is 12.0 Å². The lowest BCUT2D eigenvalue weighted by molar-refractivity contribution is -0.153. The lowest BCUT2D eigenvalue weighted by atomic mass is 9.88. The van der Waals surface area contributed by atoms with Crippen LogP contribution in [0.25, 0.3) is 0 Å². The molecule has 120 valence electrons. The maximum atomic E-state index is 11.6. The zero-order valence-corrected chi connectivity index (χ0v) is 13.7. The van der Waals surface area contributed by atoms with Gasteiger partial charge in [-0.2, -0.15) is 0 Å². The second-order valence-corrected chi connectivity index (χ2v) is 6.46. The number of hydrogen-bond donors (Lipinski definition) is 0. The zero-order chi connectivity index (χ0) is 16.6. The molecule has 0 fully saturated rings. The molecule has 0 heterocycles. The highest BCUT2D eigenvalue weighted by Gasteiger charge is 2.23. The van der Waals surface area contributed by atoms with Crippen LogP contribution in [0.2, 0.25) is 0 Å². The summed E-state index contributed by atoms with van der Waals surface area (Å²) in [5.74, 6) is -1.23. The van der Waals surface area contributed by atoms with Gasteiger partial charge in [-0.15, -0.1) is 0 Å². The highest BCUT2D eigenvalue weighted by molar-refractivity contribution is 5.94. The van der Waals surface area contributed by atoms with Gasteiger partial charge in [0.05, 0.1) is 6.61 Å². The molecule has 1 atom stereocenters. The molecule has 0 rings (SSSR count). The Morgan fingerprint density at radius 1 is 1.14 bits per heavy atom. The van der Waals surface area contributed by atoms with Gasteiger partial charge in [-0.25, -0.2) is 4.79 Å². The van der Waals surface area contributed by atoms with Crippen LogP contribution in [0.3, 0.4) is 0 Å². The molecule has 0 spiro atoms. The van der Waals surface area contributed by atoms with E-state index in [0.717, 1.165) is 0 Å². The Labute approximate surface area is 126 Å². The van der Waals surface area contributed by atoms with Crippen molar-refractivity contribution in [3.63, 3.8) is 0 Å². The summed E-state index contributed by atoms with van der Waals surface area (Å²) in [4.78, 5) is 33.8. The van der Waals surface area contributed by atoms with E-state index in [-0.39, 0.29) is 30.3 Å². The van der Waals surface area contributed by atoms with E-state index in [2.05, 4.69) is 6.58 Å². The Kier molecular flexibility index (Phi) is 7.92. The predicted octanol–water partition coefficient (Wildman–Crippen LogP) is 2.82. The van der Waals surface area contributed by atoms with Gasteiger partial charge < -0.3 is 9.47 Å². The minimum atomic E-state index is -0.539. The van der Waals surface area contributed by atoms with Crippen molar-refractivity contribution in [3.8, 4) is 0 Å². The second kappa shape index (κ2) is 8.60. The lowest BCUT2D eigenvalue weighted by Crippen LogP contribution is -2.26. The van der Waals surface area contributed by atoms with Crippen molar-refractivity contribution in [2.75, 3.05) is 6.61 Å². The molecule has 0 saturated carbocycles. The molecule has 0 aliphatic rings. The van der Waals surface area contributed by atoms with Gasteiger partial charge in [0.1, 0.15) is 18.3 Å². The Morgan fingerprint density at radius 3 is 2.14 bits per heavy atom. The Balaban J connectivity index is 4.46. The summed E-state index contributed by atoms with van der Waals surface area (Å²) in [6, 6.07) is 0. The first-order chi connectivity index (χ1) is 9.51. The van der Waals surface area contributed by atoms with Gasteiger partial charge in [-0.3, -0.25) is 9.59 Å². The van der Waals surface area contributed by atoms with E-state index in [1.54, 1.807) is 6.92 Å². The zero-order valence-electron chi connectivity index (χ0n) is 13.7. The fourth-order valence-electron chi connectivity index (χ4n) is 1.72. The molecule has 0 aromatic rings. The van der Waals surface area contributed by atoms with Crippen LogP contribution in [0, 0.1) is 5.41 Å². The number of ether oxygens (including phenoxy) is 2. The lowest BCUT2D eigenvalue weighted by Gasteiger charge is -2.25. The predicted molar refractivity (Wildman–Crippen MR) is 79.6 cm³/mol. The molecule has 0 radical (unpaired) electrons. The van der Waals surface area contributed by atoms with Crippen molar-refractivity contribution in [1.82, 2.24) is 0 Å². The molecule has 21 heavy (non-hydrogen) atoms. The highest BCUT2D eigenvalue weighted by Crippen LogP contribution is 2.24. The van der Waals surface area contributed by atoms with E-state index in [9.17, 15) is 14.4 Å². The number of hydrogen-bond acceptors (Lipinski definition) is 5. The fourth-order valence-corrected chi connectivity index (χ4v) is 1.72. The van der Waals surface area contributed by atoms with Crippen LogP contribution in [-0.4, -0.2) is 30.4 Å². The molecule has 0 aliphatic carbocycles. The normalized spacial score (nSPS) is 12.4. The third-order valence-electron chi connectivity index (χ3n) is 2.55. The molecule has 5 nitrogen and oxygen atoms in total. The number of carbonyl (C=O) groups excluding carboxylic acids is 3. The summed E-state index contributed by atoms with van der Waals surface area (Å²) in [5, 5.41) is 0. The van der Waals surface area contributed by atoms with Crippen LogP contribution in [-0.2, 0) is 23.9 Å². The third kappa shape index (κ3) is 10.8. The van der Waals surface area contributed by atoms with E-state index in [1.807, 2.05) is 20.8 Å². The van der Waals surface area contributed by atoms with Crippen molar-refractivity contribution in [1.29, 1.82) is 0 Å². The SMILES string of the molecule is C=C(C)C(=O)OCCC(CC(C)(C)C)OC(=O)CC(C)=O. The first kappa shape index (κ1) is 19.4. The monoisotopic (exact) mass is 298 g/mol. The van der Waals surface area contributed by atoms with Crippen molar-refractivity contribution in [2.45, 2.75) is 60.0 Å². The molecule has 0 N–H and O–H groups in total. The quantitative estimate of drug-likeness (QED) is 0.391. The molecular formula is C16H26O5. The Bertz CT molecular complexity index is 403. The molecule has 0 amide bonds. The first-order valence-corrected chi connectivity index (χ1v) is 7.03. The largest absolute Gasteiger partial charge is 0.462 e. The van der Waals surface area contributed by atoms with Crippen LogP contribution < -0.4 is 0 Å². The van der Waals surface area contributed by atoms with E-state index in [4.69, 9.17) is 9.47 Å². The van der Waals surface area contributed by atoms with E-state index in [1.165, 1.54) is 6.92 Å². The van der Waals surface area contributed by atoms with Gasteiger partial charge in [0.25, 0.3) is 0 Å². The van der Waals surface area contributed by atoms with Crippen LogP contribution in [0.5, 0.6) is 0 Å². The minimum absolute atomic E-state index is 0.0421. The molecular weight excluding hydrogens is 272 g/mol. The maximum absolute atomic E-state index is 11.6. The Hall–Kier alpha value is -1.65. The summed E-state index contributed by atoms with van der Waals surface area (Å²) < 4.78 is 10.3. The average molecular weight is 298 g/mol. The number of rotatable bonds is 8. The molecule has 5 heteroatoms. The van der Waals surface area contributed by atoms with Gasteiger partial charge in [0.2, 0.25) is 0 Å². The number of esters is 2. The maximum Gasteiger partial charge on any atom is 0.333 e. The molecule has 0 saturated heterocycles. The first-order valence-electron chi connectivity index (χ1n) is 7.03. The average Bonchev–Trinajstić information content (AvgIpc) is 2.24. The van der Waals surface area contributed by atoms with E-state index in [0.29, 0.717) is 18.4 Å². The Morgan fingerprint density at radius 2 is 1.71 bits per heavy atom. The number of carbonyl (C=O) groups is 3. The summed E-state index contributed by atoms with van der Waals surface area (Å²) in [6.45, 7) is 12.6. The summed E-state index contributed by atoms with van der Waals surface area (Å²) in [5.41, 5.74) is 0.287. The van der Waals surface area contributed by atoms with Crippen molar-refractivity contribution in [2.24, 2.45) is 5.41 Å². The minimum Gasteiger partial charge on any atom is -0.462 e. The van der Waals surface area contributed by atoms with Crippen LogP contribution in [0.15, 0.2) is 12.2 Å². The van der Waals surface area contributed by atoms with Crippen molar-refractivity contribution >= 4 is 17.7 Å². The van der Waals surface area contributed by atoms with Crippen LogP contribution in [0.1, 0.15) is 53.9 Å². The molecule has 0 aromatic carbocycles. The summed E-state index contributed by atoms with van der Waals surface area (Å²) in [7, 11) is 0. The fraction of sp³-hybridized carbons (Fsp3) is 0.688. The van der Waals surface area contributed by atoms with Gasteiger partial charge in [0.15, 0.2) is 0 Å². The smallest absolute Gasteiger partial charge is 0.333 e. The molecule has 0 bridgehead atoms. The van der Waals surface area contributed by atoms with E-state index >= 15 is 0 Å². The standard InChI is InChI=1S/C16H26O5/c1-11(2)15(19)20-8-7-13(10-16(4,5)6)21-14(18)9-12(3)17/h13H,1,7-10H2,2-6H3. The van der Waals surface area contributed by atoms with Gasteiger partial charge in [-0.05, 0) is 25.7 Å². The number of Topliss-reactive ketones (excluding diaryl/α,β-unsaturated/α-hetero) is 1. The van der Waals surface area contributed by atoms with Gasteiger partial charge in [-0.1, -0.05) is 27.4 Å². The molecule has 0 aromatic heterocycles. The van der Waals surface area contributed by atoms with E-state index < -0.39 is 11.9 Å². The van der Waals surface area contributed by atoms with Gasteiger partial charge >= 0.3 is 11.9 Å².